The lowest BCUT2D eigenvalue weighted by Gasteiger charge is -2.30. The zero-order chi connectivity index (χ0) is 13.3. The molecule has 0 heterocycles. The molecule has 1 aromatic rings. The van der Waals surface area contributed by atoms with Gasteiger partial charge in [0.2, 0.25) is 0 Å². The molecule has 0 saturated heterocycles. The second-order valence-corrected chi connectivity index (χ2v) is 5.93. The lowest BCUT2D eigenvalue weighted by atomic mass is 9.78. The second kappa shape index (κ2) is 5.40. The molecule has 1 saturated carbocycles. The lowest BCUT2D eigenvalue weighted by molar-refractivity contribution is 0.0754. The van der Waals surface area contributed by atoms with E-state index in [1.807, 2.05) is 0 Å². The summed E-state index contributed by atoms with van der Waals surface area (Å²) in [5.74, 6) is 0.971. The number of aliphatic hydroxyl groups is 1. The van der Waals surface area contributed by atoms with Crippen LogP contribution in [0.5, 0.6) is 0 Å². The van der Waals surface area contributed by atoms with Crippen molar-refractivity contribution in [3.63, 3.8) is 0 Å². The molecule has 1 fully saturated rings. The van der Waals surface area contributed by atoms with Crippen molar-refractivity contribution in [3.05, 3.63) is 34.6 Å². The van der Waals surface area contributed by atoms with E-state index >= 15 is 0 Å². The number of rotatable bonds is 2. The van der Waals surface area contributed by atoms with E-state index in [1.54, 1.807) is 26.0 Å². The van der Waals surface area contributed by atoms with Crippen LogP contribution in [0.1, 0.15) is 55.4 Å². The highest BCUT2D eigenvalue weighted by molar-refractivity contribution is 5.32. The van der Waals surface area contributed by atoms with Gasteiger partial charge in [-0.1, -0.05) is 31.9 Å². The van der Waals surface area contributed by atoms with Crippen LogP contribution in [-0.4, -0.2) is 5.11 Å². The Morgan fingerprint density at radius 2 is 1.61 bits per heavy atom. The maximum Gasteiger partial charge on any atom is 0.129 e. The molecule has 1 aliphatic rings. The van der Waals surface area contributed by atoms with E-state index in [4.69, 9.17) is 0 Å². The number of benzene rings is 1. The molecule has 1 unspecified atom stereocenters. The smallest absolute Gasteiger partial charge is 0.129 e. The number of aryl methyl sites for hydroxylation is 2. The quantitative estimate of drug-likeness (QED) is 0.829. The van der Waals surface area contributed by atoms with Crippen molar-refractivity contribution >= 4 is 0 Å². The molecular formula is C16H23FO. The number of aliphatic hydroxyl groups excluding tert-OH is 1. The normalized spacial score (nSPS) is 26.1. The van der Waals surface area contributed by atoms with Gasteiger partial charge < -0.3 is 5.11 Å². The SMILES string of the molecule is Cc1cc(C(O)C2CCC(C)CC2)cc(C)c1F. The van der Waals surface area contributed by atoms with Crippen LogP contribution >= 0.6 is 0 Å². The minimum absolute atomic E-state index is 0.150. The van der Waals surface area contributed by atoms with E-state index < -0.39 is 6.10 Å². The van der Waals surface area contributed by atoms with Crippen LogP contribution in [0.25, 0.3) is 0 Å². The highest BCUT2D eigenvalue weighted by atomic mass is 19.1. The van der Waals surface area contributed by atoms with Gasteiger partial charge in [0.25, 0.3) is 0 Å². The van der Waals surface area contributed by atoms with Crippen LogP contribution < -0.4 is 0 Å². The van der Waals surface area contributed by atoms with Gasteiger partial charge in [0, 0.05) is 0 Å². The molecular weight excluding hydrogens is 227 g/mol. The molecule has 18 heavy (non-hydrogen) atoms. The molecule has 2 rings (SSSR count). The van der Waals surface area contributed by atoms with E-state index in [0.29, 0.717) is 17.0 Å². The third-order valence-corrected chi connectivity index (χ3v) is 4.31. The Bertz CT molecular complexity index is 396. The Morgan fingerprint density at radius 1 is 1.11 bits per heavy atom. The first-order valence-corrected chi connectivity index (χ1v) is 6.93. The molecule has 0 aromatic heterocycles. The van der Waals surface area contributed by atoms with Gasteiger partial charge in [-0.25, -0.2) is 4.39 Å². The third-order valence-electron chi connectivity index (χ3n) is 4.31. The predicted octanol–water partition coefficient (Wildman–Crippen LogP) is 4.30. The fraction of sp³-hybridized carbons (Fsp3) is 0.625. The average Bonchev–Trinajstić information content (AvgIpc) is 2.35. The molecule has 1 aromatic carbocycles. The van der Waals surface area contributed by atoms with Crippen molar-refractivity contribution in [1.82, 2.24) is 0 Å². The van der Waals surface area contributed by atoms with E-state index in [9.17, 15) is 9.50 Å². The van der Waals surface area contributed by atoms with E-state index in [-0.39, 0.29) is 5.82 Å². The van der Waals surface area contributed by atoms with Gasteiger partial charge >= 0.3 is 0 Å². The molecule has 2 heteroatoms. The van der Waals surface area contributed by atoms with E-state index in [2.05, 4.69) is 6.92 Å². The zero-order valence-electron chi connectivity index (χ0n) is 11.5. The topological polar surface area (TPSA) is 20.2 Å². The van der Waals surface area contributed by atoms with Crippen molar-refractivity contribution in [1.29, 1.82) is 0 Å². The van der Waals surface area contributed by atoms with Crippen molar-refractivity contribution in [2.24, 2.45) is 11.8 Å². The van der Waals surface area contributed by atoms with Crippen LogP contribution in [0, 0.1) is 31.5 Å². The molecule has 0 bridgehead atoms. The molecule has 0 radical (unpaired) electrons. The number of hydrogen-bond acceptors (Lipinski definition) is 1. The first-order valence-electron chi connectivity index (χ1n) is 6.93. The Morgan fingerprint density at radius 3 is 2.11 bits per heavy atom. The third kappa shape index (κ3) is 2.74. The fourth-order valence-electron chi connectivity index (χ4n) is 3.02. The van der Waals surface area contributed by atoms with Crippen molar-refractivity contribution in [3.8, 4) is 0 Å². The van der Waals surface area contributed by atoms with Gasteiger partial charge in [0.05, 0.1) is 6.10 Å². The van der Waals surface area contributed by atoms with Crippen LogP contribution in [0.3, 0.4) is 0 Å². The lowest BCUT2D eigenvalue weighted by Crippen LogP contribution is -2.19. The molecule has 1 N–H and O–H groups in total. The van der Waals surface area contributed by atoms with E-state index in [0.717, 1.165) is 24.3 Å². The molecule has 1 nitrogen and oxygen atoms in total. The first kappa shape index (κ1) is 13.5. The standard InChI is InChI=1S/C16H23FO/c1-10-4-6-13(7-5-10)16(18)14-8-11(2)15(17)12(3)9-14/h8-10,13,16,18H,4-7H2,1-3H3. The minimum atomic E-state index is -0.435. The molecule has 100 valence electrons. The van der Waals surface area contributed by atoms with Gasteiger partial charge in [0.15, 0.2) is 0 Å². The predicted molar refractivity (Wildman–Crippen MR) is 72.0 cm³/mol. The maximum atomic E-state index is 13.6. The summed E-state index contributed by atoms with van der Waals surface area (Å²) in [5, 5.41) is 10.4. The Kier molecular flexibility index (Phi) is 4.06. The van der Waals surface area contributed by atoms with E-state index in [1.165, 1.54) is 12.8 Å². The number of hydrogen-bond donors (Lipinski definition) is 1. The molecule has 1 aliphatic carbocycles. The van der Waals surface area contributed by atoms with Gasteiger partial charge in [-0.2, -0.15) is 0 Å². The highest BCUT2D eigenvalue weighted by Crippen LogP contribution is 2.37. The average molecular weight is 250 g/mol. The van der Waals surface area contributed by atoms with Crippen LogP contribution in [0.2, 0.25) is 0 Å². The fourth-order valence-corrected chi connectivity index (χ4v) is 3.02. The van der Waals surface area contributed by atoms with Crippen molar-refractivity contribution in [2.45, 2.75) is 52.6 Å². The summed E-state index contributed by atoms with van der Waals surface area (Å²) in [6.07, 6.45) is 4.12. The van der Waals surface area contributed by atoms with Crippen LogP contribution in [0.15, 0.2) is 12.1 Å². The summed E-state index contributed by atoms with van der Waals surface area (Å²) in [6.45, 7) is 5.80. The maximum absolute atomic E-state index is 13.6. The van der Waals surface area contributed by atoms with Crippen molar-refractivity contribution in [2.75, 3.05) is 0 Å². The van der Waals surface area contributed by atoms with Crippen LogP contribution in [-0.2, 0) is 0 Å². The molecule has 1 atom stereocenters. The van der Waals surface area contributed by atoms with Crippen LogP contribution in [0.4, 0.5) is 4.39 Å². The largest absolute Gasteiger partial charge is 0.388 e. The van der Waals surface area contributed by atoms with Gasteiger partial charge in [-0.05, 0) is 55.2 Å². The summed E-state index contributed by atoms with van der Waals surface area (Å²) in [5.41, 5.74) is 2.15. The Balaban J connectivity index is 2.16. The summed E-state index contributed by atoms with van der Waals surface area (Å²) in [6, 6.07) is 3.59. The summed E-state index contributed by atoms with van der Waals surface area (Å²) in [4.78, 5) is 0. The summed E-state index contributed by atoms with van der Waals surface area (Å²) >= 11 is 0. The monoisotopic (exact) mass is 250 g/mol. The molecule has 0 aliphatic heterocycles. The summed E-state index contributed by atoms with van der Waals surface area (Å²) < 4.78 is 13.6. The zero-order valence-corrected chi connectivity index (χ0v) is 11.5. The summed E-state index contributed by atoms with van der Waals surface area (Å²) in [7, 11) is 0. The molecule has 0 spiro atoms. The van der Waals surface area contributed by atoms with Gasteiger partial charge in [-0.3, -0.25) is 0 Å². The van der Waals surface area contributed by atoms with Gasteiger partial charge in [-0.15, -0.1) is 0 Å². The van der Waals surface area contributed by atoms with Crippen molar-refractivity contribution < 1.29 is 9.50 Å². The Labute approximate surface area is 109 Å². The first-order chi connectivity index (χ1) is 8.49. The minimum Gasteiger partial charge on any atom is -0.388 e. The highest BCUT2D eigenvalue weighted by Gasteiger charge is 2.26. The number of halogens is 1. The Hall–Kier alpha value is -0.890. The molecule has 0 amide bonds. The second-order valence-electron chi connectivity index (χ2n) is 5.93. The van der Waals surface area contributed by atoms with Gasteiger partial charge in [0.1, 0.15) is 5.82 Å².